The van der Waals surface area contributed by atoms with Gasteiger partial charge in [0.25, 0.3) is 0 Å². The Hall–Kier alpha value is -0.770. The molecule has 4 heteroatoms. The SMILES string of the molecule is CC(C)[C@H]1COC(=O)N1[C@@H]1C[C@H](C)[C@@H]2CCCC[C@@H]2N1. The first-order valence-electron chi connectivity index (χ1n) is 8.29. The highest BCUT2D eigenvalue weighted by Crippen LogP contribution is 2.38. The van der Waals surface area contributed by atoms with Gasteiger partial charge in [-0.05, 0) is 37.0 Å². The molecule has 4 nitrogen and oxygen atoms in total. The Labute approximate surface area is 122 Å². The van der Waals surface area contributed by atoms with Crippen LogP contribution in [-0.2, 0) is 4.74 Å². The molecule has 2 saturated heterocycles. The van der Waals surface area contributed by atoms with E-state index in [0.29, 0.717) is 24.5 Å². The Kier molecular flexibility index (Phi) is 3.93. The number of hydrogen-bond acceptors (Lipinski definition) is 3. The number of nitrogens with one attached hydrogen (secondary N) is 1. The fourth-order valence-electron chi connectivity index (χ4n) is 4.40. The number of fused-ring (bicyclic) bond motifs is 1. The normalized spacial score (nSPS) is 41.7. The van der Waals surface area contributed by atoms with Crippen LogP contribution in [0.5, 0.6) is 0 Å². The average Bonchev–Trinajstić information content (AvgIpc) is 2.81. The summed E-state index contributed by atoms with van der Waals surface area (Å²) in [6.07, 6.45) is 6.43. The summed E-state index contributed by atoms with van der Waals surface area (Å²) >= 11 is 0. The fraction of sp³-hybridized carbons (Fsp3) is 0.938. The van der Waals surface area contributed by atoms with Crippen LogP contribution in [0, 0.1) is 17.8 Å². The molecule has 1 aliphatic carbocycles. The first-order valence-corrected chi connectivity index (χ1v) is 8.29. The van der Waals surface area contributed by atoms with Crippen LogP contribution in [-0.4, -0.2) is 35.8 Å². The van der Waals surface area contributed by atoms with E-state index in [0.717, 1.165) is 12.3 Å². The topological polar surface area (TPSA) is 41.6 Å². The van der Waals surface area contributed by atoms with Gasteiger partial charge in [0.1, 0.15) is 6.61 Å². The van der Waals surface area contributed by atoms with Gasteiger partial charge in [-0.3, -0.25) is 10.2 Å². The molecule has 0 unspecified atom stereocenters. The lowest BCUT2D eigenvalue weighted by atomic mass is 9.72. The molecule has 20 heavy (non-hydrogen) atoms. The molecule has 1 N–H and O–H groups in total. The van der Waals surface area contributed by atoms with Crippen molar-refractivity contribution in [3.63, 3.8) is 0 Å². The van der Waals surface area contributed by atoms with Gasteiger partial charge in [0.05, 0.1) is 12.2 Å². The van der Waals surface area contributed by atoms with Gasteiger partial charge in [0, 0.05) is 6.04 Å². The molecule has 2 heterocycles. The Morgan fingerprint density at radius 1 is 1.30 bits per heavy atom. The number of cyclic esters (lactones) is 1. The summed E-state index contributed by atoms with van der Waals surface area (Å²) in [5.41, 5.74) is 0. The van der Waals surface area contributed by atoms with Gasteiger partial charge in [-0.25, -0.2) is 4.79 Å². The lowest BCUT2D eigenvalue weighted by Gasteiger charge is -2.47. The standard InChI is InChI=1S/C16H28N2O2/c1-10(2)14-9-20-16(19)18(14)15-8-11(3)12-6-4-5-7-13(12)17-15/h10-15,17H,4-9H2,1-3H3/t11-,12-,13-,14+,15+/m0/s1. The molecule has 1 saturated carbocycles. The molecule has 0 spiro atoms. The second kappa shape index (κ2) is 5.55. The Morgan fingerprint density at radius 3 is 2.80 bits per heavy atom. The molecule has 5 atom stereocenters. The van der Waals surface area contributed by atoms with Crippen LogP contribution in [0.25, 0.3) is 0 Å². The Morgan fingerprint density at radius 2 is 2.05 bits per heavy atom. The minimum absolute atomic E-state index is 0.123. The lowest BCUT2D eigenvalue weighted by Crippen LogP contribution is -2.61. The van der Waals surface area contributed by atoms with Crippen LogP contribution >= 0.6 is 0 Å². The van der Waals surface area contributed by atoms with Gasteiger partial charge in [0.2, 0.25) is 0 Å². The van der Waals surface area contributed by atoms with Gasteiger partial charge in [-0.2, -0.15) is 0 Å². The van der Waals surface area contributed by atoms with Crippen LogP contribution in [0.1, 0.15) is 52.9 Å². The van der Waals surface area contributed by atoms with Crippen LogP contribution in [0.3, 0.4) is 0 Å². The predicted molar refractivity (Wildman–Crippen MR) is 78.3 cm³/mol. The smallest absolute Gasteiger partial charge is 0.411 e. The van der Waals surface area contributed by atoms with E-state index in [2.05, 4.69) is 26.1 Å². The zero-order chi connectivity index (χ0) is 14.3. The number of piperidine rings is 1. The minimum Gasteiger partial charge on any atom is -0.447 e. The third-order valence-corrected chi connectivity index (χ3v) is 5.60. The molecule has 0 aromatic carbocycles. The number of amides is 1. The Balaban J connectivity index is 1.74. The molecule has 114 valence electrons. The van der Waals surface area contributed by atoms with Gasteiger partial charge in [-0.1, -0.05) is 33.6 Å². The summed E-state index contributed by atoms with van der Waals surface area (Å²) < 4.78 is 5.31. The number of rotatable bonds is 2. The number of nitrogens with zero attached hydrogens (tertiary/aromatic N) is 1. The molecule has 3 fully saturated rings. The molecule has 0 aromatic rings. The minimum atomic E-state index is -0.123. The molecule has 0 aromatic heterocycles. The van der Waals surface area contributed by atoms with Crippen molar-refractivity contribution < 1.29 is 9.53 Å². The van der Waals surface area contributed by atoms with Crippen molar-refractivity contribution >= 4 is 6.09 Å². The van der Waals surface area contributed by atoms with Gasteiger partial charge >= 0.3 is 6.09 Å². The molecule has 1 amide bonds. The van der Waals surface area contributed by atoms with Crippen molar-refractivity contribution in [2.45, 2.75) is 71.1 Å². The van der Waals surface area contributed by atoms with Gasteiger partial charge < -0.3 is 4.74 Å². The van der Waals surface area contributed by atoms with Crippen LogP contribution in [0.2, 0.25) is 0 Å². The molecule has 2 aliphatic heterocycles. The number of carbonyl (C=O) groups is 1. The van der Waals surface area contributed by atoms with Gasteiger partial charge in [-0.15, -0.1) is 0 Å². The first-order chi connectivity index (χ1) is 9.58. The van der Waals surface area contributed by atoms with E-state index in [4.69, 9.17) is 4.74 Å². The first kappa shape index (κ1) is 14.2. The molecule has 3 aliphatic rings. The van der Waals surface area contributed by atoms with E-state index in [9.17, 15) is 4.79 Å². The second-order valence-corrected chi connectivity index (χ2v) is 7.25. The Bertz CT molecular complexity index is 371. The predicted octanol–water partition coefficient (Wildman–Crippen LogP) is 2.98. The van der Waals surface area contributed by atoms with Crippen LogP contribution < -0.4 is 5.32 Å². The maximum atomic E-state index is 12.1. The maximum Gasteiger partial charge on any atom is 0.411 e. The highest BCUT2D eigenvalue weighted by molar-refractivity contribution is 5.70. The zero-order valence-corrected chi connectivity index (χ0v) is 13.0. The summed E-state index contributed by atoms with van der Waals surface area (Å²) in [5, 5.41) is 3.77. The van der Waals surface area contributed by atoms with Crippen LogP contribution in [0.15, 0.2) is 0 Å². The highest BCUT2D eigenvalue weighted by atomic mass is 16.6. The van der Waals surface area contributed by atoms with E-state index in [1.54, 1.807) is 0 Å². The van der Waals surface area contributed by atoms with Crippen LogP contribution in [0.4, 0.5) is 4.79 Å². The summed E-state index contributed by atoms with van der Waals surface area (Å²) in [7, 11) is 0. The number of hydrogen-bond donors (Lipinski definition) is 1. The summed E-state index contributed by atoms with van der Waals surface area (Å²) in [4.78, 5) is 14.1. The van der Waals surface area contributed by atoms with Crippen molar-refractivity contribution in [3.05, 3.63) is 0 Å². The lowest BCUT2D eigenvalue weighted by molar-refractivity contribution is 0.0408. The third kappa shape index (κ3) is 2.43. The molecular formula is C16H28N2O2. The van der Waals surface area contributed by atoms with Crippen molar-refractivity contribution in [1.82, 2.24) is 10.2 Å². The van der Waals surface area contributed by atoms with Crippen molar-refractivity contribution in [3.8, 4) is 0 Å². The highest BCUT2D eigenvalue weighted by Gasteiger charge is 2.45. The zero-order valence-electron chi connectivity index (χ0n) is 13.0. The average molecular weight is 280 g/mol. The largest absolute Gasteiger partial charge is 0.447 e. The quantitative estimate of drug-likeness (QED) is 0.845. The van der Waals surface area contributed by atoms with E-state index in [1.165, 1.54) is 25.7 Å². The van der Waals surface area contributed by atoms with E-state index in [-0.39, 0.29) is 18.3 Å². The van der Waals surface area contributed by atoms with Crippen molar-refractivity contribution in [1.29, 1.82) is 0 Å². The fourth-order valence-corrected chi connectivity index (χ4v) is 4.40. The summed E-state index contributed by atoms with van der Waals surface area (Å²) in [6, 6.07) is 0.825. The van der Waals surface area contributed by atoms with E-state index >= 15 is 0 Å². The maximum absolute atomic E-state index is 12.1. The summed E-state index contributed by atoms with van der Waals surface area (Å²) in [6.45, 7) is 7.27. The monoisotopic (exact) mass is 280 g/mol. The molecule has 3 rings (SSSR count). The summed E-state index contributed by atoms with van der Waals surface area (Å²) in [5.74, 6) is 1.95. The van der Waals surface area contributed by atoms with E-state index in [1.807, 2.05) is 4.90 Å². The molecular weight excluding hydrogens is 252 g/mol. The third-order valence-electron chi connectivity index (χ3n) is 5.60. The molecule has 0 bridgehead atoms. The van der Waals surface area contributed by atoms with Gasteiger partial charge in [0.15, 0.2) is 0 Å². The van der Waals surface area contributed by atoms with E-state index < -0.39 is 0 Å². The van der Waals surface area contributed by atoms with Crippen molar-refractivity contribution in [2.24, 2.45) is 17.8 Å². The number of ether oxygens (including phenoxy) is 1. The number of carbonyl (C=O) groups excluding carboxylic acids is 1. The second-order valence-electron chi connectivity index (χ2n) is 7.25. The van der Waals surface area contributed by atoms with Crippen molar-refractivity contribution in [2.75, 3.05) is 6.61 Å². The molecule has 0 radical (unpaired) electrons.